The quantitative estimate of drug-likeness (QED) is 0.495. The highest BCUT2D eigenvalue weighted by molar-refractivity contribution is 6.31. The van der Waals surface area contributed by atoms with Gasteiger partial charge in [-0.05, 0) is 12.1 Å². The average Bonchev–Trinajstić information content (AvgIpc) is 3.12. The molecule has 0 radical (unpaired) electrons. The van der Waals surface area contributed by atoms with E-state index in [1.165, 1.54) is 0 Å². The van der Waals surface area contributed by atoms with Crippen molar-refractivity contribution in [1.82, 2.24) is 19.8 Å². The summed E-state index contributed by atoms with van der Waals surface area (Å²) in [6, 6.07) is 1.72. The van der Waals surface area contributed by atoms with E-state index in [1.807, 2.05) is 9.80 Å². The first-order valence-electron chi connectivity index (χ1n) is 9.03. The predicted octanol–water partition coefficient (Wildman–Crippen LogP) is 5.65. The zero-order valence-electron chi connectivity index (χ0n) is 15.8. The van der Waals surface area contributed by atoms with Gasteiger partial charge in [0.15, 0.2) is 0 Å². The van der Waals surface area contributed by atoms with E-state index in [4.69, 9.17) is 23.2 Å². The van der Waals surface area contributed by atoms with Gasteiger partial charge < -0.3 is 9.80 Å². The van der Waals surface area contributed by atoms with Gasteiger partial charge in [-0.15, -0.1) is 0 Å². The van der Waals surface area contributed by atoms with E-state index in [1.54, 1.807) is 12.4 Å². The van der Waals surface area contributed by atoms with E-state index in [2.05, 4.69) is 9.97 Å². The Morgan fingerprint density at radius 3 is 1.45 bits per heavy atom. The van der Waals surface area contributed by atoms with Crippen molar-refractivity contribution in [2.45, 2.75) is 25.2 Å². The van der Waals surface area contributed by atoms with E-state index in [9.17, 15) is 26.3 Å². The van der Waals surface area contributed by atoms with Gasteiger partial charge in [0.05, 0.1) is 39.2 Å². The number of rotatable bonds is 6. The van der Waals surface area contributed by atoms with Gasteiger partial charge in [-0.2, -0.15) is 26.3 Å². The molecule has 0 spiro atoms. The summed E-state index contributed by atoms with van der Waals surface area (Å²) in [5.74, 6) is 0. The maximum atomic E-state index is 12.7. The number of hydrogen-bond acceptors (Lipinski definition) is 4. The lowest BCUT2D eigenvalue weighted by Crippen LogP contribution is -2.28. The minimum absolute atomic E-state index is 0.0436. The Hall–Kier alpha value is -2.20. The molecule has 4 nitrogen and oxygen atoms in total. The summed E-state index contributed by atoms with van der Waals surface area (Å²) < 4.78 is 76.1. The third-order valence-corrected chi connectivity index (χ3v) is 5.27. The van der Waals surface area contributed by atoms with Crippen LogP contribution in [-0.2, 0) is 25.2 Å². The van der Waals surface area contributed by atoms with Gasteiger partial charge in [0, 0.05) is 50.7 Å². The number of alkyl halides is 6. The van der Waals surface area contributed by atoms with Crippen molar-refractivity contribution >= 4 is 23.2 Å². The van der Waals surface area contributed by atoms with Gasteiger partial charge >= 0.3 is 12.4 Å². The van der Waals surface area contributed by atoms with Gasteiger partial charge in [-0.1, -0.05) is 23.2 Å². The van der Waals surface area contributed by atoms with Gasteiger partial charge in [0.1, 0.15) is 0 Å². The van der Waals surface area contributed by atoms with Crippen molar-refractivity contribution in [3.05, 3.63) is 69.5 Å². The molecule has 0 aliphatic carbocycles. The first-order chi connectivity index (χ1) is 14.4. The number of nitrogens with zero attached hydrogens (tertiary/aromatic N) is 4. The molecule has 0 N–H and O–H groups in total. The molecular formula is C19H16Cl2F6N4. The highest BCUT2D eigenvalue weighted by atomic mass is 35.5. The first kappa shape index (κ1) is 23.5. The molecule has 0 fully saturated rings. The predicted molar refractivity (Wildman–Crippen MR) is 103 cm³/mol. The van der Waals surface area contributed by atoms with Gasteiger partial charge in [0.2, 0.25) is 0 Å². The Bertz CT molecular complexity index is 886. The van der Waals surface area contributed by atoms with Gasteiger partial charge in [0.25, 0.3) is 0 Å². The lowest BCUT2D eigenvalue weighted by Gasteiger charge is -2.21. The molecule has 12 heteroatoms. The molecule has 0 saturated heterocycles. The molecule has 3 rings (SSSR count). The second-order valence-electron chi connectivity index (χ2n) is 6.86. The second-order valence-corrected chi connectivity index (χ2v) is 7.68. The average molecular weight is 485 g/mol. The molecule has 168 valence electrons. The molecule has 2 aromatic heterocycles. The van der Waals surface area contributed by atoms with Crippen LogP contribution in [0.4, 0.5) is 26.3 Å². The molecule has 1 aliphatic rings. The summed E-state index contributed by atoms with van der Waals surface area (Å²) in [5.41, 5.74) is -1.07. The van der Waals surface area contributed by atoms with Crippen LogP contribution in [0.5, 0.6) is 0 Å². The van der Waals surface area contributed by atoms with E-state index in [-0.39, 0.29) is 10.0 Å². The fraction of sp³-hybridized carbons (Fsp3) is 0.368. The van der Waals surface area contributed by atoms with Crippen molar-refractivity contribution in [2.24, 2.45) is 0 Å². The largest absolute Gasteiger partial charge is 0.417 e. The smallest absolute Gasteiger partial charge is 0.358 e. The minimum Gasteiger partial charge on any atom is -0.358 e. The van der Waals surface area contributed by atoms with Crippen LogP contribution in [0.25, 0.3) is 0 Å². The molecule has 31 heavy (non-hydrogen) atoms. The van der Waals surface area contributed by atoms with Crippen LogP contribution >= 0.6 is 23.2 Å². The summed E-state index contributed by atoms with van der Waals surface area (Å²) in [5, 5.41) is -0.0873. The van der Waals surface area contributed by atoms with Crippen LogP contribution in [0.1, 0.15) is 22.5 Å². The molecule has 0 bridgehead atoms. The van der Waals surface area contributed by atoms with Gasteiger partial charge in [-0.3, -0.25) is 9.97 Å². The molecule has 0 atom stereocenters. The summed E-state index contributed by atoms with van der Waals surface area (Å²) >= 11 is 11.8. The number of aromatic nitrogens is 2. The molecule has 1 aliphatic heterocycles. The normalized spacial score (nSPS) is 14.6. The Kier molecular flexibility index (Phi) is 6.90. The third kappa shape index (κ3) is 6.16. The zero-order chi connectivity index (χ0) is 22.8. The Balaban J connectivity index is 1.49. The van der Waals surface area contributed by atoms with Crippen LogP contribution < -0.4 is 0 Å². The Morgan fingerprint density at radius 1 is 0.742 bits per heavy atom. The van der Waals surface area contributed by atoms with Crippen LogP contribution in [-0.4, -0.2) is 39.5 Å². The molecule has 2 aromatic rings. The van der Waals surface area contributed by atoms with Crippen LogP contribution in [0.3, 0.4) is 0 Å². The van der Waals surface area contributed by atoms with Crippen molar-refractivity contribution in [1.29, 1.82) is 0 Å². The first-order valence-corrected chi connectivity index (χ1v) is 9.79. The molecule has 0 unspecified atom stereocenters. The molecule has 3 heterocycles. The van der Waals surface area contributed by atoms with E-state index in [0.29, 0.717) is 44.0 Å². The highest BCUT2D eigenvalue weighted by Gasteiger charge is 2.32. The van der Waals surface area contributed by atoms with Crippen LogP contribution in [0, 0.1) is 0 Å². The summed E-state index contributed by atoms with van der Waals surface area (Å²) in [4.78, 5) is 11.5. The molecule has 0 amide bonds. The van der Waals surface area contributed by atoms with Crippen LogP contribution in [0.2, 0.25) is 10.0 Å². The van der Waals surface area contributed by atoms with E-state index >= 15 is 0 Å². The Labute approximate surface area is 184 Å². The number of halogens is 8. The fourth-order valence-corrected chi connectivity index (χ4v) is 3.44. The van der Waals surface area contributed by atoms with Crippen molar-refractivity contribution in [3.8, 4) is 0 Å². The van der Waals surface area contributed by atoms with Gasteiger partial charge in [-0.25, -0.2) is 0 Å². The fourth-order valence-electron chi connectivity index (χ4n) is 2.92. The molecule has 0 aromatic carbocycles. The maximum Gasteiger partial charge on any atom is 0.417 e. The summed E-state index contributed by atoms with van der Waals surface area (Å²) in [6.45, 7) is 1.45. The monoisotopic (exact) mass is 484 g/mol. The zero-order valence-corrected chi connectivity index (χ0v) is 17.3. The standard InChI is InChI=1S/C19H16Cl2F6N4/c20-14-7-12(18(22,23)24)9-28-16(14)1-3-30-5-6-31(11-30)4-2-17-15(21)8-13(10-29-17)19(25,26)27/h5-10H,1-4,11H2. The SMILES string of the molecule is FC(F)(F)c1cnc(CCN2C=CN(CCc3ncc(C(F)(F)F)cc3Cl)C2)c(Cl)c1. The maximum absolute atomic E-state index is 12.7. The lowest BCUT2D eigenvalue weighted by molar-refractivity contribution is -0.138. The Morgan fingerprint density at radius 2 is 1.13 bits per heavy atom. The summed E-state index contributed by atoms with van der Waals surface area (Å²) in [7, 11) is 0. The van der Waals surface area contributed by atoms with Crippen molar-refractivity contribution < 1.29 is 26.3 Å². The van der Waals surface area contributed by atoms with Crippen LogP contribution in [0.15, 0.2) is 36.9 Å². The number of pyridine rings is 2. The second kappa shape index (κ2) is 9.12. The third-order valence-electron chi connectivity index (χ3n) is 4.61. The minimum atomic E-state index is -4.50. The van der Waals surface area contributed by atoms with Crippen molar-refractivity contribution in [3.63, 3.8) is 0 Å². The lowest BCUT2D eigenvalue weighted by atomic mass is 10.2. The summed E-state index contributed by atoms with van der Waals surface area (Å²) in [6.07, 6.45) is -3.18. The topological polar surface area (TPSA) is 32.3 Å². The van der Waals surface area contributed by atoms with Crippen molar-refractivity contribution in [2.75, 3.05) is 19.8 Å². The molecular weight excluding hydrogens is 469 g/mol. The van der Waals surface area contributed by atoms with E-state index < -0.39 is 23.5 Å². The molecule has 0 saturated carbocycles. The van der Waals surface area contributed by atoms with E-state index in [0.717, 1.165) is 24.5 Å². The highest BCUT2D eigenvalue weighted by Crippen LogP contribution is 2.32. The number of hydrogen-bond donors (Lipinski definition) is 0.